The van der Waals surface area contributed by atoms with Crippen LogP contribution in [0.5, 0.6) is 5.75 Å². The molecule has 1 aliphatic rings. The van der Waals surface area contributed by atoms with E-state index in [0.717, 1.165) is 29.6 Å². The summed E-state index contributed by atoms with van der Waals surface area (Å²) in [5.41, 5.74) is 2.28. The highest BCUT2D eigenvalue weighted by atomic mass is 32.2. The van der Waals surface area contributed by atoms with Crippen LogP contribution >= 0.6 is 12.0 Å². The Hall–Kier alpha value is -1.20. The van der Waals surface area contributed by atoms with Crippen molar-refractivity contribution in [2.45, 2.75) is 18.6 Å². The maximum absolute atomic E-state index is 11.5. The van der Waals surface area contributed by atoms with Gasteiger partial charge in [0, 0.05) is 5.56 Å². The second-order valence-electron chi connectivity index (χ2n) is 3.93. The third kappa shape index (κ3) is 2.25. The maximum atomic E-state index is 11.5. The van der Waals surface area contributed by atoms with Gasteiger partial charge in [0.1, 0.15) is 5.75 Å². The van der Waals surface area contributed by atoms with Crippen molar-refractivity contribution in [3.8, 4) is 5.75 Å². The molecule has 1 N–H and O–H groups in total. The van der Waals surface area contributed by atoms with E-state index in [2.05, 4.69) is 0 Å². The van der Waals surface area contributed by atoms with E-state index in [9.17, 15) is 9.35 Å². The van der Waals surface area contributed by atoms with Gasteiger partial charge in [0.25, 0.3) is 0 Å². The van der Waals surface area contributed by atoms with Crippen molar-refractivity contribution < 1.29 is 18.8 Å². The summed E-state index contributed by atoms with van der Waals surface area (Å²) in [6.07, 6.45) is 0.769. The molecule has 92 valence electrons. The van der Waals surface area contributed by atoms with Crippen molar-refractivity contribution in [2.75, 3.05) is 13.7 Å². The van der Waals surface area contributed by atoms with Crippen molar-refractivity contribution in [1.29, 1.82) is 0 Å². The molecule has 0 aromatic heterocycles. The molecule has 1 unspecified atom stereocenters. The second-order valence-corrected chi connectivity index (χ2v) is 4.71. The summed E-state index contributed by atoms with van der Waals surface area (Å²) in [6.45, 7) is 2.40. The monoisotopic (exact) mass is 254 g/mol. The van der Waals surface area contributed by atoms with Crippen molar-refractivity contribution in [1.82, 2.24) is 0 Å². The minimum absolute atomic E-state index is 0.0177. The summed E-state index contributed by atoms with van der Waals surface area (Å²) < 4.78 is 19.4. The van der Waals surface area contributed by atoms with Gasteiger partial charge in [-0.25, -0.2) is 4.79 Å². The first-order valence-corrected chi connectivity index (χ1v) is 6.17. The molecule has 1 heterocycles. The van der Waals surface area contributed by atoms with Crippen molar-refractivity contribution in [2.24, 2.45) is 0 Å². The molecule has 1 aromatic carbocycles. The molecule has 0 bridgehead atoms. The number of hydrogen-bond acceptors (Lipinski definition) is 5. The van der Waals surface area contributed by atoms with Gasteiger partial charge in [-0.15, -0.1) is 0 Å². The van der Waals surface area contributed by atoms with E-state index in [-0.39, 0.29) is 11.2 Å². The van der Waals surface area contributed by atoms with E-state index in [1.165, 1.54) is 7.11 Å². The van der Waals surface area contributed by atoms with Gasteiger partial charge >= 0.3 is 5.97 Å². The zero-order chi connectivity index (χ0) is 12.4. The fourth-order valence-corrected chi connectivity index (χ4v) is 2.46. The Morgan fingerprint density at radius 3 is 3.00 bits per heavy atom. The second kappa shape index (κ2) is 4.98. The lowest BCUT2D eigenvalue weighted by atomic mass is 9.99. The van der Waals surface area contributed by atoms with Gasteiger partial charge in [-0.3, -0.25) is 0 Å². The van der Waals surface area contributed by atoms with E-state index in [1.54, 1.807) is 6.07 Å². The molecule has 1 aliphatic heterocycles. The Kier molecular flexibility index (Phi) is 3.59. The SMILES string of the molecule is COC(=O)c1cc2c(cc1C)C(SO)CCO2. The summed E-state index contributed by atoms with van der Waals surface area (Å²) in [6, 6.07) is 3.58. The predicted octanol–water partition coefficient (Wildman–Crippen LogP) is 2.81. The average molecular weight is 254 g/mol. The number of hydrogen-bond donors (Lipinski definition) is 1. The summed E-state index contributed by atoms with van der Waals surface area (Å²) in [4.78, 5) is 11.5. The number of fused-ring (bicyclic) bond motifs is 1. The molecular weight excluding hydrogens is 240 g/mol. The first-order chi connectivity index (χ1) is 8.17. The fourth-order valence-electron chi connectivity index (χ4n) is 1.96. The van der Waals surface area contributed by atoms with Crippen molar-refractivity contribution in [3.63, 3.8) is 0 Å². The lowest BCUT2D eigenvalue weighted by Crippen LogP contribution is -2.14. The van der Waals surface area contributed by atoms with Gasteiger partial charge in [-0.05, 0) is 37.0 Å². The molecule has 0 spiro atoms. The highest BCUT2D eigenvalue weighted by Gasteiger charge is 2.24. The standard InChI is InChI=1S/C12H14O4S/c1-7-5-9-10(6-8(7)12(13)15-2)16-4-3-11(9)17-14/h5-6,11,14H,3-4H2,1-2H3. The van der Waals surface area contributed by atoms with Crippen molar-refractivity contribution >= 4 is 18.0 Å². The molecule has 0 saturated heterocycles. The Labute approximate surface area is 104 Å². The third-order valence-electron chi connectivity index (χ3n) is 2.87. The van der Waals surface area contributed by atoms with E-state index < -0.39 is 0 Å². The van der Waals surface area contributed by atoms with Gasteiger partial charge in [0.2, 0.25) is 0 Å². The molecule has 2 rings (SSSR count). The average Bonchev–Trinajstić information content (AvgIpc) is 2.36. The zero-order valence-corrected chi connectivity index (χ0v) is 10.5. The zero-order valence-electron chi connectivity index (χ0n) is 9.73. The summed E-state index contributed by atoms with van der Waals surface area (Å²) in [5.74, 6) is 0.293. The minimum atomic E-state index is -0.368. The van der Waals surface area contributed by atoms with Crippen LogP contribution in [0.3, 0.4) is 0 Å². The summed E-state index contributed by atoms with van der Waals surface area (Å²) >= 11 is 0.821. The molecule has 0 radical (unpaired) electrons. The van der Waals surface area contributed by atoms with Crippen LogP contribution in [0, 0.1) is 6.92 Å². The Morgan fingerprint density at radius 1 is 1.59 bits per heavy atom. The molecule has 4 nitrogen and oxygen atoms in total. The van der Waals surface area contributed by atoms with E-state index in [1.807, 2.05) is 13.0 Å². The van der Waals surface area contributed by atoms with Crippen LogP contribution < -0.4 is 4.74 Å². The van der Waals surface area contributed by atoms with Crippen LogP contribution in [-0.4, -0.2) is 24.2 Å². The lowest BCUT2D eigenvalue weighted by Gasteiger charge is -2.24. The van der Waals surface area contributed by atoms with Crippen LogP contribution in [0.1, 0.15) is 33.2 Å². The van der Waals surface area contributed by atoms with Crippen LogP contribution in [0.4, 0.5) is 0 Å². The van der Waals surface area contributed by atoms with E-state index in [0.29, 0.717) is 17.9 Å². The topological polar surface area (TPSA) is 55.8 Å². The highest BCUT2D eigenvalue weighted by molar-refractivity contribution is 7.94. The molecule has 0 saturated carbocycles. The Balaban J connectivity index is 2.46. The predicted molar refractivity (Wildman–Crippen MR) is 65.6 cm³/mol. The van der Waals surface area contributed by atoms with E-state index >= 15 is 0 Å². The molecule has 0 fully saturated rings. The van der Waals surface area contributed by atoms with Crippen molar-refractivity contribution in [3.05, 3.63) is 28.8 Å². The first kappa shape index (κ1) is 12.3. The quantitative estimate of drug-likeness (QED) is 0.649. The number of aryl methyl sites for hydroxylation is 1. The molecule has 1 atom stereocenters. The number of ether oxygens (including phenoxy) is 2. The van der Waals surface area contributed by atoms with Gasteiger partial charge in [0.15, 0.2) is 0 Å². The normalized spacial score (nSPS) is 18.2. The van der Waals surface area contributed by atoms with Crippen LogP contribution in [0.2, 0.25) is 0 Å². The molecule has 1 aromatic rings. The van der Waals surface area contributed by atoms with Gasteiger partial charge in [0.05, 0.1) is 24.5 Å². The molecule has 5 heteroatoms. The lowest BCUT2D eigenvalue weighted by molar-refractivity contribution is 0.0599. The number of carbonyl (C=O) groups is 1. The molecule has 0 amide bonds. The largest absolute Gasteiger partial charge is 0.493 e. The van der Waals surface area contributed by atoms with Crippen LogP contribution in [0.15, 0.2) is 12.1 Å². The Bertz CT molecular complexity index is 444. The number of methoxy groups -OCH3 is 1. The smallest absolute Gasteiger partial charge is 0.338 e. The molecule has 17 heavy (non-hydrogen) atoms. The van der Waals surface area contributed by atoms with Gasteiger partial charge in [-0.2, -0.15) is 0 Å². The minimum Gasteiger partial charge on any atom is -0.493 e. The van der Waals surface area contributed by atoms with E-state index in [4.69, 9.17) is 9.47 Å². The van der Waals surface area contributed by atoms with Gasteiger partial charge in [-0.1, -0.05) is 6.07 Å². The highest BCUT2D eigenvalue weighted by Crippen LogP contribution is 2.40. The number of carbonyl (C=O) groups excluding carboxylic acids is 1. The number of esters is 1. The maximum Gasteiger partial charge on any atom is 0.338 e. The van der Waals surface area contributed by atoms with Gasteiger partial charge < -0.3 is 14.0 Å². The number of benzene rings is 1. The Morgan fingerprint density at radius 2 is 2.35 bits per heavy atom. The summed E-state index contributed by atoms with van der Waals surface area (Å²) in [5, 5.41) is 0.0177. The van der Waals surface area contributed by atoms with Crippen LogP contribution in [0.25, 0.3) is 0 Å². The molecule has 0 aliphatic carbocycles. The van der Waals surface area contributed by atoms with Crippen LogP contribution in [-0.2, 0) is 4.74 Å². The summed E-state index contributed by atoms with van der Waals surface area (Å²) in [7, 11) is 1.36. The molecular formula is C12H14O4S. The third-order valence-corrected chi connectivity index (χ3v) is 3.62. The fraction of sp³-hybridized carbons (Fsp3) is 0.417. The first-order valence-electron chi connectivity index (χ1n) is 5.33. The number of rotatable bonds is 2.